The number of hydrogen-bond donors (Lipinski definition) is 1. The molecule has 0 radical (unpaired) electrons. The maximum atomic E-state index is 6.43. The molecule has 1 atom stereocenters. The Morgan fingerprint density at radius 2 is 1.94 bits per heavy atom. The average Bonchev–Trinajstić information content (AvgIpc) is 3.01. The lowest BCUT2D eigenvalue weighted by molar-refractivity contribution is 0.223. The summed E-state index contributed by atoms with van der Waals surface area (Å²) in [7, 11) is 1.63. The molecule has 7 nitrogen and oxygen atoms in total. The lowest BCUT2D eigenvalue weighted by atomic mass is 10.1. The van der Waals surface area contributed by atoms with E-state index >= 15 is 0 Å². The second-order valence-corrected chi connectivity index (χ2v) is 9.72. The summed E-state index contributed by atoms with van der Waals surface area (Å²) in [6, 6.07) is 11.8. The number of aromatic nitrogens is 3. The fourth-order valence-corrected chi connectivity index (χ4v) is 5.03. The Morgan fingerprint density at radius 1 is 1.09 bits per heavy atom. The van der Waals surface area contributed by atoms with Crippen LogP contribution in [-0.2, 0) is 0 Å². The fourth-order valence-electron chi connectivity index (χ4n) is 3.72. The number of benzene rings is 2. The molecule has 4 rings (SSSR count). The van der Waals surface area contributed by atoms with E-state index < -0.39 is 6.23 Å². The number of anilines is 1. The quantitative estimate of drug-likeness (QED) is 0.218. The van der Waals surface area contributed by atoms with E-state index in [-0.39, 0.29) is 0 Å². The molecule has 0 bridgehead atoms. The Balaban J connectivity index is 1.68. The number of nitrogens with one attached hydrogen (secondary N) is 1. The van der Waals surface area contributed by atoms with Crippen molar-refractivity contribution in [2.45, 2.75) is 50.9 Å². The lowest BCUT2D eigenvalue weighted by Gasteiger charge is -2.22. The Labute approximate surface area is 213 Å². The molecule has 0 aliphatic carbocycles. The highest BCUT2D eigenvalue weighted by Gasteiger charge is 2.28. The minimum Gasteiger partial charge on any atom is -0.493 e. The zero-order valence-corrected chi connectivity index (χ0v) is 22.0. The van der Waals surface area contributed by atoms with E-state index in [1.165, 1.54) is 19.3 Å². The van der Waals surface area contributed by atoms with Crippen molar-refractivity contribution >= 4 is 33.4 Å². The molecular weight excluding hydrogens is 516 g/mol. The van der Waals surface area contributed by atoms with Crippen LogP contribution in [-0.4, -0.2) is 34.7 Å². The van der Waals surface area contributed by atoms with Gasteiger partial charge in [-0.25, -0.2) is 0 Å². The van der Waals surface area contributed by atoms with E-state index in [1.54, 1.807) is 18.9 Å². The summed E-state index contributed by atoms with van der Waals surface area (Å²) in [5, 5.41) is 13.0. The summed E-state index contributed by atoms with van der Waals surface area (Å²) in [6.07, 6.45) is 4.28. The predicted molar refractivity (Wildman–Crippen MR) is 139 cm³/mol. The monoisotopic (exact) mass is 544 g/mol. The summed E-state index contributed by atoms with van der Waals surface area (Å²) in [5.41, 5.74) is 3.27. The molecule has 0 spiro atoms. The van der Waals surface area contributed by atoms with Gasteiger partial charge in [-0.2, -0.15) is 4.98 Å². The van der Waals surface area contributed by atoms with Gasteiger partial charge in [-0.1, -0.05) is 72.1 Å². The third-order valence-corrected chi connectivity index (χ3v) is 7.04. The number of rotatable bonds is 10. The molecule has 0 unspecified atom stereocenters. The van der Waals surface area contributed by atoms with Crippen LogP contribution in [0.1, 0.15) is 51.3 Å². The number of thioether (sulfide) groups is 1. The van der Waals surface area contributed by atoms with Crippen molar-refractivity contribution in [1.29, 1.82) is 0 Å². The second kappa shape index (κ2) is 11.8. The zero-order chi connectivity index (χ0) is 23.9. The lowest BCUT2D eigenvalue weighted by Crippen LogP contribution is -2.18. The molecule has 2 aromatic carbocycles. The Kier molecular flexibility index (Phi) is 8.50. The van der Waals surface area contributed by atoms with Gasteiger partial charge in [0.25, 0.3) is 0 Å². The van der Waals surface area contributed by atoms with E-state index in [4.69, 9.17) is 19.2 Å². The van der Waals surface area contributed by atoms with Crippen LogP contribution in [0, 0.1) is 0 Å². The van der Waals surface area contributed by atoms with Crippen molar-refractivity contribution in [2.24, 2.45) is 0 Å². The number of nitrogens with zero attached hydrogens (tertiary/aromatic N) is 3. The third kappa shape index (κ3) is 5.58. The van der Waals surface area contributed by atoms with Crippen molar-refractivity contribution in [3.63, 3.8) is 0 Å². The van der Waals surface area contributed by atoms with Crippen molar-refractivity contribution in [2.75, 3.05) is 24.8 Å². The van der Waals surface area contributed by atoms with Crippen LogP contribution in [0.5, 0.6) is 17.4 Å². The summed E-state index contributed by atoms with van der Waals surface area (Å²) < 4.78 is 18.6. The van der Waals surface area contributed by atoms with Crippen LogP contribution in [0.4, 0.5) is 5.69 Å². The first-order valence-electron chi connectivity index (χ1n) is 11.5. The van der Waals surface area contributed by atoms with Crippen molar-refractivity contribution < 1.29 is 14.2 Å². The Hall–Kier alpha value is -2.52. The SMILES string of the molecule is CCCCCCSc1nnc2c(n1)O[C@H](c1cc(OCC)c(OC)cc1Br)Nc1ccccc1-2. The number of ether oxygens (including phenoxy) is 3. The molecule has 0 saturated heterocycles. The molecule has 9 heteroatoms. The van der Waals surface area contributed by atoms with Crippen LogP contribution >= 0.6 is 27.7 Å². The van der Waals surface area contributed by atoms with E-state index in [0.717, 1.165) is 33.5 Å². The number of para-hydroxylation sites is 1. The first-order chi connectivity index (χ1) is 16.6. The Morgan fingerprint density at radius 3 is 2.74 bits per heavy atom. The highest BCUT2D eigenvalue weighted by molar-refractivity contribution is 9.10. The fraction of sp³-hybridized carbons (Fsp3) is 0.400. The van der Waals surface area contributed by atoms with Crippen molar-refractivity contribution in [1.82, 2.24) is 15.2 Å². The number of fused-ring (bicyclic) bond motifs is 3. The number of methoxy groups -OCH3 is 1. The number of unbranched alkanes of at least 4 members (excludes halogenated alkanes) is 3. The molecule has 0 saturated carbocycles. The highest BCUT2D eigenvalue weighted by Crippen LogP contribution is 2.43. The first kappa shape index (κ1) is 24.6. The van der Waals surface area contributed by atoms with Gasteiger partial charge < -0.3 is 19.5 Å². The summed E-state index contributed by atoms with van der Waals surface area (Å²) in [6.45, 7) is 4.68. The second-order valence-electron chi connectivity index (χ2n) is 7.80. The minimum atomic E-state index is -0.527. The third-order valence-electron chi connectivity index (χ3n) is 5.43. The van der Waals surface area contributed by atoms with Crippen molar-refractivity contribution in [3.05, 3.63) is 46.4 Å². The van der Waals surface area contributed by atoms with Crippen LogP contribution in [0.2, 0.25) is 0 Å². The molecule has 180 valence electrons. The van der Waals surface area contributed by atoms with E-state index in [2.05, 4.69) is 38.4 Å². The van der Waals surface area contributed by atoms with Gasteiger partial charge in [0, 0.05) is 27.0 Å². The van der Waals surface area contributed by atoms with Gasteiger partial charge in [0.15, 0.2) is 23.4 Å². The van der Waals surface area contributed by atoms with Gasteiger partial charge in [0.05, 0.1) is 13.7 Å². The highest BCUT2D eigenvalue weighted by atomic mass is 79.9. The summed E-state index contributed by atoms with van der Waals surface area (Å²) >= 11 is 5.29. The largest absolute Gasteiger partial charge is 0.493 e. The molecule has 1 aromatic heterocycles. The van der Waals surface area contributed by atoms with E-state index in [1.807, 2.05) is 43.3 Å². The maximum absolute atomic E-state index is 6.43. The van der Waals surface area contributed by atoms with Gasteiger partial charge in [-0.15, -0.1) is 10.2 Å². The molecule has 2 heterocycles. The van der Waals surface area contributed by atoms with Gasteiger partial charge in [-0.05, 0) is 31.5 Å². The standard InChI is InChI=1S/C25H29BrN4O3S/c1-4-6-7-10-13-34-25-28-24-22(29-30-25)16-11-8-9-12-19(16)27-23(33-24)17-14-21(32-5-2)20(31-3)15-18(17)26/h8-9,11-12,14-15,23,27H,4-7,10,13H2,1-3H3/t23-/m1/s1. The zero-order valence-electron chi connectivity index (χ0n) is 19.6. The molecule has 1 aliphatic heterocycles. The minimum absolute atomic E-state index is 0.453. The number of hydrogen-bond acceptors (Lipinski definition) is 8. The van der Waals surface area contributed by atoms with E-state index in [0.29, 0.717) is 34.8 Å². The Bertz CT molecular complexity index is 1130. The van der Waals surface area contributed by atoms with Gasteiger partial charge in [0.1, 0.15) is 0 Å². The molecule has 1 aliphatic rings. The van der Waals surface area contributed by atoms with E-state index in [9.17, 15) is 0 Å². The van der Waals surface area contributed by atoms with Crippen LogP contribution in [0.3, 0.4) is 0 Å². The smallest absolute Gasteiger partial charge is 0.247 e. The van der Waals surface area contributed by atoms with Crippen LogP contribution in [0.25, 0.3) is 11.3 Å². The van der Waals surface area contributed by atoms with Crippen molar-refractivity contribution in [3.8, 4) is 28.6 Å². The first-order valence-corrected chi connectivity index (χ1v) is 13.3. The molecular formula is C25H29BrN4O3S. The van der Waals surface area contributed by atoms with Crippen LogP contribution in [0.15, 0.2) is 46.0 Å². The van der Waals surface area contributed by atoms with Gasteiger partial charge in [0.2, 0.25) is 11.0 Å². The van der Waals surface area contributed by atoms with Crippen LogP contribution < -0.4 is 19.5 Å². The maximum Gasteiger partial charge on any atom is 0.247 e. The topological polar surface area (TPSA) is 78.4 Å². The predicted octanol–water partition coefficient (Wildman–Crippen LogP) is 6.88. The molecule has 3 aromatic rings. The summed E-state index contributed by atoms with van der Waals surface area (Å²) in [5.74, 6) is 2.71. The number of halogens is 1. The molecule has 1 N–H and O–H groups in total. The normalized spacial score (nSPS) is 14.3. The average molecular weight is 546 g/mol. The summed E-state index contributed by atoms with van der Waals surface area (Å²) in [4.78, 5) is 4.74. The molecule has 34 heavy (non-hydrogen) atoms. The van der Waals surface area contributed by atoms with Gasteiger partial charge >= 0.3 is 0 Å². The molecule has 0 fully saturated rings. The van der Waals surface area contributed by atoms with Gasteiger partial charge in [-0.3, -0.25) is 0 Å². The molecule has 0 amide bonds.